The van der Waals surface area contributed by atoms with Gasteiger partial charge in [-0.1, -0.05) is 41.3 Å². The Kier molecular flexibility index (Phi) is 10.2. The van der Waals surface area contributed by atoms with Crippen molar-refractivity contribution in [3.63, 3.8) is 0 Å². The topological polar surface area (TPSA) is 62.3 Å². The highest BCUT2D eigenvalue weighted by molar-refractivity contribution is 6.39. The van der Waals surface area contributed by atoms with Crippen LogP contribution in [0.1, 0.15) is 59.2 Å². The summed E-state index contributed by atoms with van der Waals surface area (Å²) >= 11 is 0. The minimum atomic E-state index is -0.701. The molecule has 0 unspecified atom stereocenters. The number of piperidine rings is 1. The number of hydrogen-bond acceptors (Lipinski definition) is 3. The Morgan fingerprint density at radius 2 is 1.86 bits per heavy atom. The van der Waals surface area contributed by atoms with Gasteiger partial charge in [-0.2, -0.15) is 0 Å². The Hall–Kier alpha value is -2.76. The molecule has 1 saturated heterocycles. The summed E-state index contributed by atoms with van der Waals surface area (Å²) in [6, 6.07) is 7.69. The van der Waals surface area contributed by atoms with Crippen LogP contribution in [-0.2, 0) is 9.59 Å². The van der Waals surface area contributed by atoms with Crippen molar-refractivity contribution in [2.45, 2.75) is 55.0 Å². The Bertz CT molecular complexity index is 825. The number of carbonyl (C=O) groups excluding carboxylic acids is 2. The maximum atomic E-state index is 13.6. The number of nitrogens with zero attached hydrogens (tertiary/aromatic N) is 2. The van der Waals surface area contributed by atoms with Crippen molar-refractivity contribution in [2.24, 2.45) is 5.92 Å². The van der Waals surface area contributed by atoms with Crippen LogP contribution in [0.2, 0.25) is 0 Å². The highest BCUT2D eigenvalue weighted by atomic mass is 19.1. The highest BCUT2D eigenvalue weighted by Crippen LogP contribution is 2.33. The molecule has 3 rings (SSSR count). The van der Waals surface area contributed by atoms with E-state index >= 15 is 0 Å². The molecule has 29 heavy (non-hydrogen) atoms. The van der Waals surface area contributed by atoms with Crippen LogP contribution < -0.4 is 5.32 Å². The third kappa shape index (κ3) is 6.38. The summed E-state index contributed by atoms with van der Waals surface area (Å²) in [4.78, 5) is 30.8. The van der Waals surface area contributed by atoms with E-state index in [-0.39, 0.29) is 40.1 Å². The fourth-order valence-corrected chi connectivity index (χ4v) is 3.38. The van der Waals surface area contributed by atoms with Gasteiger partial charge in [0.2, 0.25) is 0 Å². The number of rotatable bonds is 2. The zero-order chi connectivity index (χ0) is 18.7. The van der Waals surface area contributed by atoms with Crippen molar-refractivity contribution < 1.29 is 14.0 Å². The van der Waals surface area contributed by atoms with Gasteiger partial charge in [-0.05, 0) is 55.0 Å². The summed E-state index contributed by atoms with van der Waals surface area (Å²) in [6.07, 6.45) is 4.80. The first-order valence-electron chi connectivity index (χ1n) is 8.73. The van der Waals surface area contributed by atoms with Gasteiger partial charge in [0.25, 0.3) is 0 Å². The molecule has 1 fully saturated rings. The molecule has 0 saturated carbocycles. The van der Waals surface area contributed by atoms with Crippen LogP contribution in [-0.4, -0.2) is 28.2 Å². The molecule has 1 N–H and O–H groups in total. The lowest BCUT2D eigenvalue weighted by molar-refractivity contribution is -0.146. The van der Waals surface area contributed by atoms with E-state index in [1.165, 1.54) is 18.3 Å². The number of benzene rings is 1. The van der Waals surface area contributed by atoms with Crippen LogP contribution in [0.5, 0.6) is 0 Å². The van der Waals surface area contributed by atoms with Crippen LogP contribution in [0, 0.1) is 18.7 Å². The molecule has 0 bridgehead atoms. The van der Waals surface area contributed by atoms with E-state index in [9.17, 15) is 14.0 Å². The number of halogens is 1. The zero-order valence-electron chi connectivity index (χ0n) is 14.9. The number of hydrogen-bond donors (Lipinski definition) is 1. The molecule has 0 aliphatic carbocycles. The lowest BCUT2D eigenvalue weighted by atomic mass is 9.89. The molecule has 2 aromatic rings. The van der Waals surface area contributed by atoms with E-state index in [4.69, 9.17) is 0 Å². The van der Waals surface area contributed by atoms with Gasteiger partial charge in [0.05, 0.1) is 17.9 Å². The molecule has 2 amide bonds. The second-order valence-electron chi connectivity index (χ2n) is 6.92. The molecule has 5 nitrogen and oxygen atoms in total. The van der Waals surface area contributed by atoms with Gasteiger partial charge in [-0.25, -0.2) is 4.39 Å². The number of carbonyl (C=O) groups is 2. The number of aromatic nitrogens is 1. The van der Waals surface area contributed by atoms with Crippen LogP contribution >= 0.6 is 0 Å². The molecule has 160 valence electrons. The minimum absolute atomic E-state index is 0. The van der Waals surface area contributed by atoms with Gasteiger partial charge >= 0.3 is 11.8 Å². The Morgan fingerprint density at radius 3 is 2.52 bits per heavy atom. The van der Waals surface area contributed by atoms with Gasteiger partial charge in [0, 0.05) is 12.7 Å². The molecule has 6 heteroatoms. The first-order valence-corrected chi connectivity index (χ1v) is 8.73. The lowest BCUT2D eigenvalue weighted by Gasteiger charge is -2.38. The summed E-state index contributed by atoms with van der Waals surface area (Å²) < 4.78 is 13.6. The number of aryl methyl sites for hydroxylation is 1. The maximum absolute atomic E-state index is 13.6. The molecule has 2 heterocycles. The fourth-order valence-electron chi connectivity index (χ4n) is 3.38. The molecule has 2 atom stereocenters. The third-order valence-corrected chi connectivity index (χ3v) is 4.64. The summed E-state index contributed by atoms with van der Waals surface area (Å²) in [5.41, 5.74) is 2.09. The number of anilines is 1. The van der Waals surface area contributed by atoms with E-state index in [0.29, 0.717) is 18.7 Å². The Balaban J connectivity index is 0.00000261. The zero-order valence-corrected chi connectivity index (χ0v) is 14.9. The molecule has 0 radical (unpaired) electrons. The Labute approximate surface area is 174 Å². The van der Waals surface area contributed by atoms with Crippen molar-refractivity contribution in [1.82, 2.24) is 9.88 Å². The SMILES string of the molecule is C.C.C.Cc1cncc(NC(=O)C(=O)N2C[C@@H](C)CC[C@H]2c2cccc(F)c2)c1. The van der Waals surface area contributed by atoms with Gasteiger partial charge in [-0.3, -0.25) is 14.6 Å². The van der Waals surface area contributed by atoms with Gasteiger partial charge in [0.15, 0.2) is 0 Å². The second-order valence-corrected chi connectivity index (χ2v) is 6.92. The molecule has 1 aliphatic heterocycles. The van der Waals surface area contributed by atoms with Crippen LogP contribution in [0.4, 0.5) is 10.1 Å². The van der Waals surface area contributed by atoms with Crippen molar-refractivity contribution in [3.05, 3.63) is 59.7 Å². The van der Waals surface area contributed by atoms with Crippen molar-refractivity contribution in [2.75, 3.05) is 11.9 Å². The first-order chi connectivity index (χ1) is 12.4. The average Bonchev–Trinajstić information content (AvgIpc) is 2.61. The van der Waals surface area contributed by atoms with Gasteiger partial charge < -0.3 is 10.2 Å². The lowest BCUT2D eigenvalue weighted by Crippen LogP contribution is -2.46. The molecule has 1 aromatic carbocycles. The quantitative estimate of drug-likeness (QED) is 0.685. The molecule has 1 aliphatic rings. The minimum Gasteiger partial charge on any atom is -0.327 e. The second kappa shape index (κ2) is 11.3. The van der Waals surface area contributed by atoms with Crippen LogP contribution in [0.3, 0.4) is 0 Å². The van der Waals surface area contributed by atoms with E-state index in [0.717, 1.165) is 17.5 Å². The van der Waals surface area contributed by atoms with E-state index in [1.807, 2.05) is 13.8 Å². The fraction of sp³-hybridized carbons (Fsp3) is 0.435. The van der Waals surface area contributed by atoms with E-state index < -0.39 is 11.8 Å². The summed E-state index contributed by atoms with van der Waals surface area (Å²) in [6.45, 7) is 4.38. The van der Waals surface area contributed by atoms with E-state index in [1.54, 1.807) is 29.3 Å². The summed E-state index contributed by atoms with van der Waals surface area (Å²) in [5.74, 6) is -1.36. The average molecular weight is 404 g/mol. The highest BCUT2D eigenvalue weighted by Gasteiger charge is 2.34. The summed E-state index contributed by atoms with van der Waals surface area (Å²) in [7, 11) is 0. The van der Waals surface area contributed by atoms with Crippen LogP contribution in [0.25, 0.3) is 0 Å². The number of pyridine rings is 1. The largest absolute Gasteiger partial charge is 0.327 e. The van der Waals surface area contributed by atoms with Crippen molar-refractivity contribution >= 4 is 17.5 Å². The smallest absolute Gasteiger partial charge is 0.313 e. The number of likely N-dealkylation sites (tertiary alicyclic amines) is 1. The molecular weight excluding hydrogens is 369 g/mol. The third-order valence-electron chi connectivity index (χ3n) is 4.64. The first kappa shape index (κ1) is 26.2. The number of amides is 2. The Morgan fingerprint density at radius 1 is 1.14 bits per heavy atom. The van der Waals surface area contributed by atoms with Crippen molar-refractivity contribution in [3.8, 4) is 0 Å². The summed E-state index contributed by atoms with van der Waals surface area (Å²) in [5, 5.41) is 2.61. The predicted molar refractivity (Wildman–Crippen MR) is 117 cm³/mol. The van der Waals surface area contributed by atoms with Gasteiger partial charge in [-0.15, -0.1) is 0 Å². The molecule has 1 aromatic heterocycles. The maximum Gasteiger partial charge on any atom is 0.313 e. The normalized spacial score (nSPS) is 17.8. The monoisotopic (exact) mass is 403 g/mol. The van der Waals surface area contributed by atoms with Crippen LogP contribution in [0.15, 0.2) is 42.7 Å². The number of nitrogens with one attached hydrogen (secondary N) is 1. The molecule has 0 spiro atoms. The molecular formula is C23H34FN3O2. The standard InChI is InChI=1S/C20H22FN3O2.3CH4/c1-13-6-7-18(15-4-3-5-16(21)9-15)24(12-13)20(26)19(25)23-17-8-14(2)10-22-11-17;;;/h3-5,8-11,13,18H,6-7,12H2,1-2H3,(H,23,25);3*1H4/t13-,18-;;;/m0.../s1. The van der Waals surface area contributed by atoms with E-state index in [2.05, 4.69) is 10.3 Å². The van der Waals surface area contributed by atoms with Crippen molar-refractivity contribution in [1.29, 1.82) is 0 Å². The van der Waals surface area contributed by atoms with Gasteiger partial charge in [0.1, 0.15) is 5.82 Å². The predicted octanol–water partition coefficient (Wildman–Crippen LogP) is 5.38.